The molecule has 0 heterocycles. The number of halogens is 6. The predicted octanol–water partition coefficient (Wildman–Crippen LogP) is 3.35. The number of hydrogen-bond acceptors (Lipinski definition) is 2. The molecular formula is C9H8F6N2. The van der Waals surface area contributed by atoms with Crippen LogP contribution in [0.15, 0.2) is 12.1 Å². The molecule has 17 heavy (non-hydrogen) atoms. The first-order chi connectivity index (χ1) is 7.57. The monoisotopic (exact) mass is 258 g/mol. The van der Waals surface area contributed by atoms with Gasteiger partial charge in [0, 0.05) is 7.05 Å². The molecule has 1 aromatic carbocycles. The van der Waals surface area contributed by atoms with Crippen LogP contribution in [0, 0.1) is 0 Å². The number of nitrogens with one attached hydrogen (secondary N) is 1. The summed E-state index contributed by atoms with van der Waals surface area (Å²) in [4.78, 5) is 0. The van der Waals surface area contributed by atoms with Gasteiger partial charge >= 0.3 is 12.4 Å². The highest BCUT2D eigenvalue weighted by molar-refractivity contribution is 5.72. The standard InChI is InChI=1S/C9H8F6N2/c1-17-7-5(9(13,14)15)2-4(3-6(7)16)8(10,11)12/h2-3,17H,16H2,1H3. The molecular weight excluding hydrogens is 250 g/mol. The van der Waals surface area contributed by atoms with E-state index in [-0.39, 0.29) is 6.07 Å². The molecule has 0 aliphatic carbocycles. The molecule has 2 nitrogen and oxygen atoms in total. The Balaban J connectivity index is 3.51. The summed E-state index contributed by atoms with van der Waals surface area (Å²) in [6.45, 7) is 0. The molecule has 1 aromatic rings. The zero-order valence-corrected chi connectivity index (χ0v) is 8.50. The molecule has 0 radical (unpaired) electrons. The van der Waals surface area contributed by atoms with E-state index in [1.165, 1.54) is 0 Å². The number of nitrogen functional groups attached to an aromatic ring is 1. The van der Waals surface area contributed by atoms with E-state index in [4.69, 9.17) is 5.73 Å². The van der Waals surface area contributed by atoms with Crippen LogP contribution in [0.25, 0.3) is 0 Å². The Hall–Kier alpha value is -1.60. The van der Waals surface area contributed by atoms with Crippen LogP contribution >= 0.6 is 0 Å². The fourth-order valence-electron chi connectivity index (χ4n) is 1.33. The second kappa shape index (κ2) is 4.01. The number of benzene rings is 1. The average molecular weight is 258 g/mol. The number of rotatable bonds is 1. The van der Waals surface area contributed by atoms with Gasteiger partial charge in [0.15, 0.2) is 0 Å². The lowest BCUT2D eigenvalue weighted by molar-refractivity contribution is -0.142. The van der Waals surface area contributed by atoms with Crippen molar-refractivity contribution in [1.82, 2.24) is 0 Å². The smallest absolute Gasteiger partial charge is 0.397 e. The Kier molecular flexibility index (Phi) is 3.17. The lowest BCUT2D eigenvalue weighted by Crippen LogP contribution is -2.15. The van der Waals surface area contributed by atoms with Crippen molar-refractivity contribution in [3.05, 3.63) is 23.3 Å². The highest BCUT2D eigenvalue weighted by atomic mass is 19.4. The van der Waals surface area contributed by atoms with E-state index in [0.29, 0.717) is 6.07 Å². The maximum Gasteiger partial charge on any atom is 0.418 e. The minimum atomic E-state index is -4.91. The van der Waals surface area contributed by atoms with Gasteiger partial charge in [-0.15, -0.1) is 0 Å². The zero-order valence-electron chi connectivity index (χ0n) is 8.50. The normalized spacial score (nSPS) is 12.6. The third-order valence-electron chi connectivity index (χ3n) is 2.05. The summed E-state index contributed by atoms with van der Waals surface area (Å²) in [6.07, 6.45) is -9.78. The SMILES string of the molecule is CNc1c(N)cc(C(F)(F)F)cc1C(F)(F)F. The van der Waals surface area contributed by atoms with Gasteiger partial charge in [-0.3, -0.25) is 0 Å². The minimum Gasteiger partial charge on any atom is -0.397 e. The molecule has 0 aliphatic heterocycles. The fourth-order valence-corrected chi connectivity index (χ4v) is 1.33. The van der Waals surface area contributed by atoms with Gasteiger partial charge in [0.25, 0.3) is 0 Å². The van der Waals surface area contributed by atoms with E-state index >= 15 is 0 Å². The van der Waals surface area contributed by atoms with Crippen molar-refractivity contribution in [3.8, 4) is 0 Å². The summed E-state index contributed by atoms with van der Waals surface area (Å²) in [5, 5.41) is 2.14. The van der Waals surface area contributed by atoms with E-state index in [1.54, 1.807) is 0 Å². The van der Waals surface area contributed by atoms with Gasteiger partial charge in [-0.25, -0.2) is 0 Å². The molecule has 0 spiro atoms. The van der Waals surface area contributed by atoms with Crippen molar-refractivity contribution in [2.45, 2.75) is 12.4 Å². The maximum absolute atomic E-state index is 12.5. The quantitative estimate of drug-likeness (QED) is 0.598. The van der Waals surface area contributed by atoms with Crippen LogP contribution in [-0.2, 0) is 12.4 Å². The van der Waals surface area contributed by atoms with Gasteiger partial charge in [0.1, 0.15) is 0 Å². The average Bonchev–Trinajstić information content (AvgIpc) is 2.13. The first kappa shape index (κ1) is 13.5. The Morgan fingerprint density at radius 2 is 1.53 bits per heavy atom. The molecule has 8 heteroatoms. The van der Waals surface area contributed by atoms with Crippen LogP contribution in [0.4, 0.5) is 37.7 Å². The first-order valence-electron chi connectivity index (χ1n) is 4.33. The second-order valence-electron chi connectivity index (χ2n) is 3.23. The molecule has 0 fully saturated rings. The summed E-state index contributed by atoms with van der Waals surface area (Å²) in [7, 11) is 1.15. The fraction of sp³-hybridized carbons (Fsp3) is 0.333. The van der Waals surface area contributed by atoms with E-state index in [9.17, 15) is 26.3 Å². The van der Waals surface area contributed by atoms with Gasteiger partial charge < -0.3 is 11.1 Å². The first-order valence-corrected chi connectivity index (χ1v) is 4.33. The summed E-state index contributed by atoms with van der Waals surface area (Å²) >= 11 is 0. The molecule has 1 rings (SSSR count). The van der Waals surface area contributed by atoms with Crippen LogP contribution in [0.5, 0.6) is 0 Å². The van der Waals surface area contributed by atoms with Crippen LogP contribution in [0.1, 0.15) is 11.1 Å². The second-order valence-corrected chi connectivity index (χ2v) is 3.23. The Bertz CT molecular complexity index is 421. The predicted molar refractivity (Wildman–Crippen MR) is 50.4 cm³/mol. The largest absolute Gasteiger partial charge is 0.418 e. The van der Waals surface area contributed by atoms with Crippen molar-refractivity contribution in [3.63, 3.8) is 0 Å². The molecule has 0 saturated carbocycles. The number of nitrogens with two attached hydrogens (primary N) is 1. The molecule has 0 amide bonds. The molecule has 96 valence electrons. The van der Waals surface area contributed by atoms with Crippen molar-refractivity contribution in [2.24, 2.45) is 0 Å². The Morgan fingerprint density at radius 3 is 1.88 bits per heavy atom. The van der Waals surface area contributed by atoms with Crippen LogP contribution in [0.2, 0.25) is 0 Å². The molecule has 0 aromatic heterocycles. The van der Waals surface area contributed by atoms with Crippen LogP contribution in [-0.4, -0.2) is 7.05 Å². The molecule has 0 aliphatic rings. The van der Waals surface area contributed by atoms with Crippen molar-refractivity contribution in [1.29, 1.82) is 0 Å². The number of hydrogen-bond donors (Lipinski definition) is 2. The summed E-state index contributed by atoms with van der Waals surface area (Å²) in [5.74, 6) is 0. The van der Waals surface area contributed by atoms with Gasteiger partial charge in [-0.2, -0.15) is 26.3 Å². The minimum absolute atomic E-state index is 0.0300. The lowest BCUT2D eigenvalue weighted by atomic mass is 10.1. The molecule has 0 atom stereocenters. The van der Waals surface area contributed by atoms with E-state index in [0.717, 1.165) is 7.05 Å². The van der Waals surface area contributed by atoms with Crippen molar-refractivity contribution >= 4 is 11.4 Å². The topological polar surface area (TPSA) is 38.0 Å². The lowest BCUT2D eigenvalue weighted by Gasteiger charge is -2.17. The molecule has 0 unspecified atom stereocenters. The van der Waals surface area contributed by atoms with Crippen LogP contribution < -0.4 is 11.1 Å². The van der Waals surface area contributed by atoms with Gasteiger partial charge in [-0.1, -0.05) is 0 Å². The zero-order chi connectivity index (χ0) is 13.4. The van der Waals surface area contributed by atoms with E-state index in [2.05, 4.69) is 5.32 Å². The van der Waals surface area contributed by atoms with Gasteiger partial charge in [0.05, 0.1) is 22.5 Å². The van der Waals surface area contributed by atoms with Crippen molar-refractivity contribution in [2.75, 3.05) is 18.1 Å². The number of anilines is 2. The Labute approximate surface area is 92.4 Å². The molecule has 3 N–H and O–H groups in total. The summed E-state index contributed by atoms with van der Waals surface area (Å²) in [6, 6.07) is 0.489. The van der Waals surface area contributed by atoms with Gasteiger partial charge in [0.2, 0.25) is 0 Å². The highest BCUT2D eigenvalue weighted by Gasteiger charge is 2.39. The van der Waals surface area contributed by atoms with Gasteiger partial charge in [-0.05, 0) is 12.1 Å². The summed E-state index contributed by atoms with van der Waals surface area (Å²) < 4.78 is 74.5. The summed E-state index contributed by atoms with van der Waals surface area (Å²) in [5.41, 5.74) is 1.13. The van der Waals surface area contributed by atoms with E-state index < -0.39 is 34.9 Å². The Morgan fingerprint density at radius 1 is 1.00 bits per heavy atom. The molecule has 0 saturated heterocycles. The third kappa shape index (κ3) is 2.75. The maximum atomic E-state index is 12.5. The molecule has 0 bridgehead atoms. The van der Waals surface area contributed by atoms with E-state index in [1.807, 2.05) is 0 Å². The van der Waals surface area contributed by atoms with Crippen LogP contribution in [0.3, 0.4) is 0 Å². The third-order valence-corrected chi connectivity index (χ3v) is 2.05. The van der Waals surface area contributed by atoms with Crippen molar-refractivity contribution < 1.29 is 26.3 Å². The highest BCUT2D eigenvalue weighted by Crippen LogP contribution is 2.42. The number of alkyl halides is 6.